The van der Waals surface area contributed by atoms with E-state index in [2.05, 4.69) is 5.32 Å². The number of anilines is 1. The number of nitrogens with one attached hydrogen (secondary N) is 1. The molecule has 0 saturated carbocycles. The van der Waals surface area contributed by atoms with Crippen LogP contribution in [0.3, 0.4) is 0 Å². The van der Waals surface area contributed by atoms with E-state index in [1.165, 1.54) is 33.1 Å². The zero-order chi connectivity index (χ0) is 21.1. The fourth-order valence-corrected chi connectivity index (χ4v) is 2.94. The van der Waals surface area contributed by atoms with Crippen molar-refractivity contribution in [1.82, 2.24) is 4.90 Å². The molecule has 1 N–H and O–H groups in total. The Morgan fingerprint density at radius 3 is 2.17 bits per heavy atom. The maximum atomic E-state index is 12.5. The molecule has 29 heavy (non-hydrogen) atoms. The molecule has 0 saturated heterocycles. The van der Waals surface area contributed by atoms with Crippen molar-refractivity contribution in [3.8, 4) is 5.75 Å². The highest BCUT2D eigenvalue weighted by Gasteiger charge is 2.41. The lowest BCUT2D eigenvalue weighted by atomic mass is 10.1. The van der Waals surface area contributed by atoms with Crippen LogP contribution in [0.25, 0.3) is 0 Å². The Hall–Kier alpha value is -3.68. The summed E-state index contributed by atoms with van der Waals surface area (Å²) in [5.74, 6) is -1.98. The van der Waals surface area contributed by atoms with Gasteiger partial charge in [-0.15, -0.1) is 0 Å². The molecule has 0 bridgehead atoms. The molecule has 3 amide bonds. The highest BCUT2D eigenvalue weighted by molar-refractivity contribution is 6.22. The zero-order valence-corrected chi connectivity index (χ0v) is 16.2. The number of carbonyl (C=O) groups is 4. The number of esters is 1. The summed E-state index contributed by atoms with van der Waals surface area (Å²) < 4.78 is 10.3. The van der Waals surface area contributed by atoms with Crippen LogP contribution in [0, 0.1) is 0 Å². The molecule has 2 aromatic rings. The number of nitrogens with zero attached hydrogens (tertiary/aromatic N) is 1. The number of methoxy groups -OCH3 is 1. The Morgan fingerprint density at radius 2 is 1.59 bits per heavy atom. The number of benzene rings is 2. The second-order valence-electron chi connectivity index (χ2n) is 6.50. The van der Waals surface area contributed by atoms with Crippen molar-refractivity contribution < 1.29 is 28.7 Å². The molecule has 0 aromatic heterocycles. The van der Waals surface area contributed by atoms with E-state index < -0.39 is 35.8 Å². The summed E-state index contributed by atoms with van der Waals surface area (Å²) in [5.41, 5.74) is 0.951. The third-order valence-corrected chi connectivity index (χ3v) is 4.55. The second-order valence-corrected chi connectivity index (χ2v) is 6.50. The van der Waals surface area contributed by atoms with Crippen molar-refractivity contribution in [2.45, 2.75) is 26.0 Å². The van der Waals surface area contributed by atoms with Crippen molar-refractivity contribution in [3.63, 3.8) is 0 Å². The van der Waals surface area contributed by atoms with Crippen LogP contribution in [0.5, 0.6) is 5.75 Å². The maximum absolute atomic E-state index is 12.5. The minimum absolute atomic E-state index is 0.237. The summed E-state index contributed by atoms with van der Waals surface area (Å²) in [4.78, 5) is 50.6. The molecule has 150 valence electrons. The number of amides is 3. The summed E-state index contributed by atoms with van der Waals surface area (Å²) in [6.07, 6.45) is -1.13. The molecule has 0 aliphatic carbocycles. The van der Waals surface area contributed by atoms with Gasteiger partial charge in [0.15, 0.2) is 6.10 Å². The van der Waals surface area contributed by atoms with Gasteiger partial charge in [-0.2, -0.15) is 0 Å². The van der Waals surface area contributed by atoms with E-state index >= 15 is 0 Å². The van der Waals surface area contributed by atoms with E-state index in [0.717, 1.165) is 4.90 Å². The predicted molar refractivity (Wildman–Crippen MR) is 104 cm³/mol. The molecule has 1 aliphatic heterocycles. The third-order valence-electron chi connectivity index (χ3n) is 4.55. The molecule has 1 aliphatic rings. The van der Waals surface area contributed by atoms with Crippen LogP contribution in [0.1, 0.15) is 34.6 Å². The lowest BCUT2D eigenvalue weighted by molar-refractivity contribution is -0.156. The van der Waals surface area contributed by atoms with Gasteiger partial charge in [-0.25, -0.2) is 4.79 Å². The topological polar surface area (TPSA) is 102 Å². The largest absolute Gasteiger partial charge is 0.497 e. The molecule has 8 heteroatoms. The number of fused-ring (bicyclic) bond motifs is 1. The molecule has 1 heterocycles. The summed E-state index contributed by atoms with van der Waals surface area (Å²) in [6, 6.07) is 11.9. The Labute approximate surface area is 167 Å². The molecule has 8 nitrogen and oxygen atoms in total. The number of hydrogen-bond acceptors (Lipinski definition) is 6. The first-order valence-corrected chi connectivity index (χ1v) is 8.95. The Balaban J connectivity index is 1.64. The minimum Gasteiger partial charge on any atom is -0.497 e. The van der Waals surface area contributed by atoms with Crippen LogP contribution in [0.2, 0.25) is 0 Å². The van der Waals surface area contributed by atoms with Gasteiger partial charge in [-0.3, -0.25) is 19.3 Å². The normalized spacial score (nSPS) is 14.8. The quantitative estimate of drug-likeness (QED) is 0.594. The maximum Gasteiger partial charge on any atom is 0.329 e. The highest BCUT2D eigenvalue weighted by atomic mass is 16.5. The SMILES string of the molecule is COc1cccc(NC(=O)[C@H](C)OC(=O)[C@@H](C)N2C(=O)c3ccccc3C2=O)c1. The van der Waals surface area contributed by atoms with E-state index in [4.69, 9.17) is 9.47 Å². The number of imide groups is 1. The van der Waals surface area contributed by atoms with Crippen molar-refractivity contribution in [2.75, 3.05) is 12.4 Å². The Bertz CT molecular complexity index is 952. The number of hydrogen-bond donors (Lipinski definition) is 1. The average Bonchev–Trinajstić information content (AvgIpc) is 2.98. The number of rotatable bonds is 6. The van der Waals surface area contributed by atoms with Gasteiger partial charge in [-0.1, -0.05) is 18.2 Å². The van der Waals surface area contributed by atoms with Crippen LogP contribution < -0.4 is 10.1 Å². The monoisotopic (exact) mass is 396 g/mol. The molecule has 2 aromatic carbocycles. The summed E-state index contributed by atoms with van der Waals surface area (Å²) in [5, 5.41) is 2.62. The van der Waals surface area contributed by atoms with Crippen molar-refractivity contribution in [1.29, 1.82) is 0 Å². The molecule has 0 radical (unpaired) electrons. The van der Waals surface area contributed by atoms with Gasteiger partial charge in [0.1, 0.15) is 11.8 Å². The van der Waals surface area contributed by atoms with E-state index in [1.54, 1.807) is 36.4 Å². The molecular weight excluding hydrogens is 376 g/mol. The van der Waals surface area contributed by atoms with E-state index in [-0.39, 0.29) is 11.1 Å². The first kappa shape index (κ1) is 20.1. The van der Waals surface area contributed by atoms with Gasteiger partial charge in [0, 0.05) is 11.8 Å². The van der Waals surface area contributed by atoms with Gasteiger partial charge in [0.25, 0.3) is 17.7 Å². The van der Waals surface area contributed by atoms with E-state index in [1.807, 2.05) is 0 Å². The van der Waals surface area contributed by atoms with Gasteiger partial charge in [0.05, 0.1) is 18.2 Å². The van der Waals surface area contributed by atoms with E-state index in [0.29, 0.717) is 11.4 Å². The van der Waals surface area contributed by atoms with Crippen LogP contribution in [-0.2, 0) is 14.3 Å². The van der Waals surface area contributed by atoms with Crippen molar-refractivity contribution >= 4 is 29.4 Å². The molecular formula is C21H20N2O6. The number of carbonyl (C=O) groups excluding carboxylic acids is 4. The van der Waals surface area contributed by atoms with Crippen LogP contribution in [0.15, 0.2) is 48.5 Å². The van der Waals surface area contributed by atoms with Crippen molar-refractivity contribution in [2.24, 2.45) is 0 Å². The number of ether oxygens (including phenoxy) is 2. The fraction of sp³-hybridized carbons (Fsp3) is 0.238. The van der Waals surface area contributed by atoms with Gasteiger partial charge in [-0.05, 0) is 38.1 Å². The van der Waals surface area contributed by atoms with Crippen LogP contribution in [-0.4, -0.2) is 47.8 Å². The fourth-order valence-electron chi connectivity index (χ4n) is 2.94. The average molecular weight is 396 g/mol. The van der Waals surface area contributed by atoms with Crippen molar-refractivity contribution in [3.05, 3.63) is 59.7 Å². The molecule has 2 atom stereocenters. The van der Waals surface area contributed by atoms with Crippen LogP contribution in [0.4, 0.5) is 5.69 Å². The first-order chi connectivity index (χ1) is 13.8. The first-order valence-electron chi connectivity index (χ1n) is 8.95. The lowest BCUT2D eigenvalue weighted by Crippen LogP contribution is -2.45. The molecule has 0 fully saturated rings. The summed E-state index contributed by atoms with van der Waals surface area (Å²) >= 11 is 0. The smallest absolute Gasteiger partial charge is 0.329 e. The van der Waals surface area contributed by atoms with Crippen LogP contribution >= 0.6 is 0 Å². The highest BCUT2D eigenvalue weighted by Crippen LogP contribution is 2.25. The predicted octanol–water partition coefficient (Wildman–Crippen LogP) is 2.25. The lowest BCUT2D eigenvalue weighted by Gasteiger charge is -2.22. The molecule has 0 spiro atoms. The van der Waals surface area contributed by atoms with Gasteiger partial charge >= 0.3 is 5.97 Å². The van der Waals surface area contributed by atoms with E-state index in [9.17, 15) is 19.2 Å². The minimum atomic E-state index is -1.17. The Morgan fingerprint density at radius 1 is 0.966 bits per heavy atom. The summed E-state index contributed by atoms with van der Waals surface area (Å²) in [6.45, 7) is 2.79. The Kier molecular flexibility index (Phi) is 5.63. The van der Waals surface area contributed by atoms with Gasteiger partial charge in [0.2, 0.25) is 0 Å². The standard InChI is InChI=1S/C21H20N2O6/c1-12(23-19(25)16-9-4-5-10-17(16)20(23)26)21(27)29-13(2)18(24)22-14-7-6-8-15(11-14)28-3/h4-13H,1-3H3,(H,22,24)/t12-,13+/m1/s1. The third kappa shape index (κ3) is 3.96. The second kappa shape index (κ2) is 8.14. The zero-order valence-electron chi connectivity index (χ0n) is 16.2. The molecule has 3 rings (SSSR count). The van der Waals surface area contributed by atoms with Gasteiger partial charge < -0.3 is 14.8 Å². The molecule has 0 unspecified atom stereocenters. The summed E-state index contributed by atoms with van der Waals surface area (Å²) in [7, 11) is 1.51.